The predicted molar refractivity (Wildman–Crippen MR) is 60.9 cm³/mol. The van der Waals surface area contributed by atoms with E-state index >= 15 is 0 Å². The van der Waals surface area contributed by atoms with E-state index in [2.05, 4.69) is 5.32 Å². The number of hydrogen-bond acceptors (Lipinski definition) is 3. The Kier molecular flexibility index (Phi) is 2.08. The summed E-state index contributed by atoms with van der Waals surface area (Å²) in [4.78, 5) is 23.2. The molecular formula is C13H9NO3. The van der Waals surface area contributed by atoms with Gasteiger partial charge in [-0.25, -0.2) is 0 Å². The van der Waals surface area contributed by atoms with E-state index < -0.39 is 0 Å². The van der Waals surface area contributed by atoms with Crippen LogP contribution in [0.3, 0.4) is 0 Å². The van der Waals surface area contributed by atoms with Gasteiger partial charge < -0.3 is 9.73 Å². The highest BCUT2D eigenvalue weighted by Crippen LogP contribution is 2.24. The summed E-state index contributed by atoms with van der Waals surface area (Å²) in [5.41, 5.74) is 2.17. The maximum absolute atomic E-state index is 12.0. The number of rotatable bonds is 2. The second-order valence-corrected chi connectivity index (χ2v) is 3.90. The van der Waals surface area contributed by atoms with Gasteiger partial charge in [-0.1, -0.05) is 0 Å². The Morgan fingerprint density at radius 1 is 1.29 bits per heavy atom. The van der Waals surface area contributed by atoms with Crippen molar-refractivity contribution in [2.45, 2.75) is 6.42 Å². The molecule has 2 aromatic rings. The van der Waals surface area contributed by atoms with Crippen LogP contribution in [0.1, 0.15) is 21.7 Å². The van der Waals surface area contributed by atoms with Gasteiger partial charge in [0.1, 0.15) is 0 Å². The molecule has 0 saturated heterocycles. The molecular weight excluding hydrogens is 218 g/mol. The van der Waals surface area contributed by atoms with Gasteiger partial charge in [0, 0.05) is 11.3 Å². The first-order chi connectivity index (χ1) is 8.24. The molecule has 1 aromatic heterocycles. The minimum Gasteiger partial charge on any atom is -0.461 e. The van der Waals surface area contributed by atoms with Gasteiger partial charge in [-0.15, -0.1) is 0 Å². The Balaban J connectivity index is 1.98. The summed E-state index contributed by atoms with van der Waals surface area (Å²) >= 11 is 0. The summed E-state index contributed by atoms with van der Waals surface area (Å²) in [5.74, 6) is 0.0991. The van der Waals surface area contributed by atoms with E-state index in [1.165, 1.54) is 6.26 Å². The van der Waals surface area contributed by atoms with Crippen molar-refractivity contribution < 1.29 is 14.0 Å². The van der Waals surface area contributed by atoms with Crippen LogP contribution in [0.2, 0.25) is 0 Å². The third-order valence-corrected chi connectivity index (χ3v) is 2.74. The van der Waals surface area contributed by atoms with Crippen molar-refractivity contribution >= 4 is 17.4 Å². The summed E-state index contributed by atoms with van der Waals surface area (Å²) in [6, 6.07) is 8.47. The zero-order valence-corrected chi connectivity index (χ0v) is 8.90. The van der Waals surface area contributed by atoms with E-state index in [1.807, 2.05) is 0 Å². The minimum atomic E-state index is -0.169. The molecule has 3 rings (SSSR count). The highest BCUT2D eigenvalue weighted by Gasteiger charge is 2.20. The molecule has 1 N–H and O–H groups in total. The van der Waals surface area contributed by atoms with E-state index in [4.69, 9.17) is 4.42 Å². The molecule has 4 nitrogen and oxygen atoms in total. The molecule has 84 valence electrons. The molecule has 0 saturated carbocycles. The average molecular weight is 227 g/mol. The third kappa shape index (κ3) is 1.63. The van der Waals surface area contributed by atoms with E-state index in [9.17, 15) is 9.59 Å². The molecule has 4 heteroatoms. The highest BCUT2D eigenvalue weighted by atomic mass is 16.3. The number of amides is 1. The van der Waals surface area contributed by atoms with Crippen molar-refractivity contribution in [3.8, 4) is 0 Å². The van der Waals surface area contributed by atoms with Crippen LogP contribution in [-0.4, -0.2) is 11.7 Å². The summed E-state index contributed by atoms with van der Waals surface area (Å²) in [5, 5.41) is 2.72. The summed E-state index contributed by atoms with van der Waals surface area (Å²) < 4.78 is 5.06. The standard InChI is InChI=1S/C13H9NO3/c15-12-7-9-6-8(3-4-10(9)14-12)13(16)11-2-1-5-17-11/h1-6H,7H2,(H,14,15). The normalized spacial score (nSPS) is 13.3. The molecule has 1 amide bonds. The fourth-order valence-electron chi connectivity index (χ4n) is 1.92. The van der Waals surface area contributed by atoms with Crippen molar-refractivity contribution in [2.24, 2.45) is 0 Å². The Morgan fingerprint density at radius 3 is 2.94 bits per heavy atom. The van der Waals surface area contributed by atoms with Crippen molar-refractivity contribution in [3.63, 3.8) is 0 Å². The van der Waals surface area contributed by atoms with Crippen LogP contribution in [0.4, 0.5) is 5.69 Å². The van der Waals surface area contributed by atoms with Crippen molar-refractivity contribution in [1.82, 2.24) is 0 Å². The lowest BCUT2D eigenvalue weighted by Gasteiger charge is -2.01. The molecule has 2 heterocycles. The number of nitrogens with one attached hydrogen (secondary N) is 1. The number of hydrogen-bond donors (Lipinski definition) is 1. The van der Waals surface area contributed by atoms with Crippen LogP contribution in [0.5, 0.6) is 0 Å². The lowest BCUT2D eigenvalue weighted by Crippen LogP contribution is -2.03. The largest absolute Gasteiger partial charge is 0.461 e. The number of benzene rings is 1. The van der Waals surface area contributed by atoms with Gasteiger partial charge in [-0.05, 0) is 35.9 Å². The Morgan fingerprint density at radius 2 is 2.18 bits per heavy atom. The van der Waals surface area contributed by atoms with Crippen LogP contribution in [0.25, 0.3) is 0 Å². The zero-order chi connectivity index (χ0) is 11.8. The first-order valence-corrected chi connectivity index (χ1v) is 5.25. The number of fused-ring (bicyclic) bond motifs is 1. The molecule has 0 spiro atoms. The van der Waals surface area contributed by atoms with E-state index in [1.54, 1.807) is 30.3 Å². The molecule has 0 fully saturated rings. The average Bonchev–Trinajstić information content (AvgIpc) is 2.94. The van der Waals surface area contributed by atoms with Gasteiger partial charge >= 0.3 is 0 Å². The van der Waals surface area contributed by atoms with Crippen LogP contribution in [0, 0.1) is 0 Å². The number of furan rings is 1. The van der Waals surface area contributed by atoms with Gasteiger partial charge in [0.15, 0.2) is 5.76 Å². The SMILES string of the molecule is O=C1Cc2cc(C(=O)c3ccco3)ccc2N1. The lowest BCUT2D eigenvalue weighted by molar-refractivity contribution is -0.115. The van der Waals surface area contributed by atoms with Crippen LogP contribution in [-0.2, 0) is 11.2 Å². The fourth-order valence-corrected chi connectivity index (χ4v) is 1.92. The Labute approximate surface area is 97.2 Å². The van der Waals surface area contributed by atoms with E-state index in [0.29, 0.717) is 17.7 Å². The van der Waals surface area contributed by atoms with Crippen LogP contribution >= 0.6 is 0 Å². The molecule has 0 unspecified atom stereocenters. The number of anilines is 1. The number of ketones is 1. The van der Waals surface area contributed by atoms with E-state index in [-0.39, 0.29) is 11.7 Å². The lowest BCUT2D eigenvalue weighted by atomic mass is 10.0. The van der Waals surface area contributed by atoms with Gasteiger partial charge in [-0.2, -0.15) is 0 Å². The molecule has 1 aliphatic rings. The smallest absolute Gasteiger partial charge is 0.228 e. The monoisotopic (exact) mass is 227 g/mol. The van der Waals surface area contributed by atoms with Crippen molar-refractivity contribution in [2.75, 3.05) is 5.32 Å². The minimum absolute atomic E-state index is 0.0393. The highest BCUT2D eigenvalue weighted by molar-refractivity contribution is 6.08. The fraction of sp³-hybridized carbons (Fsp3) is 0.0769. The van der Waals surface area contributed by atoms with Crippen LogP contribution < -0.4 is 5.32 Å². The Hall–Kier alpha value is -2.36. The second-order valence-electron chi connectivity index (χ2n) is 3.90. The molecule has 0 aliphatic carbocycles. The second kappa shape index (κ2) is 3.59. The summed E-state index contributed by atoms with van der Waals surface area (Å²) in [6.45, 7) is 0. The molecule has 0 atom stereocenters. The Bertz CT molecular complexity index is 599. The zero-order valence-electron chi connectivity index (χ0n) is 8.90. The molecule has 0 bridgehead atoms. The molecule has 1 aromatic carbocycles. The third-order valence-electron chi connectivity index (χ3n) is 2.74. The van der Waals surface area contributed by atoms with E-state index in [0.717, 1.165) is 11.3 Å². The van der Waals surface area contributed by atoms with Crippen LogP contribution in [0.15, 0.2) is 41.0 Å². The number of carbonyl (C=O) groups excluding carboxylic acids is 2. The van der Waals surface area contributed by atoms with Gasteiger partial charge in [0.2, 0.25) is 11.7 Å². The van der Waals surface area contributed by atoms with Gasteiger partial charge in [0.25, 0.3) is 0 Å². The predicted octanol–water partition coefficient (Wildman–Crippen LogP) is 2.01. The molecule has 1 aliphatic heterocycles. The van der Waals surface area contributed by atoms with Crippen molar-refractivity contribution in [1.29, 1.82) is 0 Å². The summed E-state index contributed by atoms with van der Waals surface area (Å²) in [7, 11) is 0. The maximum Gasteiger partial charge on any atom is 0.228 e. The van der Waals surface area contributed by atoms with Gasteiger partial charge in [-0.3, -0.25) is 9.59 Å². The van der Waals surface area contributed by atoms with Gasteiger partial charge in [0.05, 0.1) is 12.7 Å². The first kappa shape index (κ1) is 9.84. The molecule has 17 heavy (non-hydrogen) atoms. The first-order valence-electron chi connectivity index (χ1n) is 5.25. The van der Waals surface area contributed by atoms with Crippen molar-refractivity contribution in [3.05, 3.63) is 53.5 Å². The number of carbonyl (C=O) groups is 2. The molecule has 0 radical (unpaired) electrons. The quantitative estimate of drug-likeness (QED) is 0.798. The topological polar surface area (TPSA) is 59.3 Å². The summed E-state index contributed by atoms with van der Waals surface area (Å²) in [6.07, 6.45) is 1.79. The maximum atomic E-state index is 12.0.